The van der Waals surface area contributed by atoms with E-state index in [1.54, 1.807) is 0 Å². The number of halogens is 1. The molecule has 0 saturated heterocycles. The number of nitriles is 1. The number of nitrogens with zero attached hydrogens (tertiary/aromatic N) is 1. The zero-order chi connectivity index (χ0) is 3.41. The Kier molecular flexibility index (Phi) is 16.4. The summed E-state index contributed by atoms with van der Waals surface area (Å²) in [4.78, 5) is 0. The van der Waals surface area contributed by atoms with Crippen LogP contribution in [0, 0.1) is 11.3 Å². The van der Waals surface area contributed by atoms with Crippen molar-refractivity contribution in [3.05, 3.63) is 0 Å². The van der Waals surface area contributed by atoms with E-state index >= 15 is 0 Å². The summed E-state index contributed by atoms with van der Waals surface area (Å²) >= 11 is 1.99. The van der Waals surface area contributed by atoms with Gasteiger partial charge < -0.3 is 0 Å². The summed E-state index contributed by atoms with van der Waals surface area (Å²) in [6, 6.07) is 1.92. The van der Waals surface area contributed by atoms with Crippen molar-refractivity contribution >= 4 is 41.5 Å². The fourth-order valence-electron chi connectivity index (χ4n) is 0. The second-order valence-electron chi connectivity index (χ2n) is 0.292. The SMILES string of the molecule is N#CCI.[LiH]. The predicted molar refractivity (Wildman–Crippen MR) is 31.6 cm³/mol. The Morgan fingerprint density at radius 2 is 2.00 bits per heavy atom. The molecule has 0 atom stereocenters. The van der Waals surface area contributed by atoms with Crippen molar-refractivity contribution in [1.82, 2.24) is 0 Å². The van der Waals surface area contributed by atoms with Gasteiger partial charge in [0.15, 0.2) is 0 Å². The molecule has 0 heterocycles. The average molecular weight is 175 g/mol. The van der Waals surface area contributed by atoms with Gasteiger partial charge in [-0.2, -0.15) is 5.26 Å². The molecule has 3 heteroatoms. The third-order valence-corrected chi connectivity index (χ3v) is 0.401. The summed E-state index contributed by atoms with van der Waals surface area (Å²) < 4.78 is 0.595. The predicted octanol–water partition coefficient (Wildman–Crippen LogP) is 0.296. The Morgan fingerprint density at radius 3 is 2.00 bits per heavy atom. The van der Waals surface area contributed by atoms with E-state index in [4.69, 9.17) is 5.26 Å². The van der Waals surface area contributed by atoms with Crippen molar-refractivity contribution in [2.75, 3.05) is 4.43 Å². The van der Waals surface area contributed by atoms with Gasteiger partial charge in [-0.15, -0.1) is 0 Å². The number of hydrogen-bond donors (Lipinski definition) is 0. The molecule has 0 aromatic rings. The molecule has 0 bridgehead atoms. The van der Waals surface area contributed by atoms with Gasteiger partial charge in [-0.1, -0.05) is 22.6 Å². The zero-order valence-electron chi connectivity index (χ0n) is 2.03. The molecule has 0 fully saturated rings. The van der Waals surface area contributed by atoms with E-state index in [0.29, 0.717) is 4.43 Å². The molecule has 0 N–H and O–H groups in total. The summed E-state index contributed by atoms with van der Waals surface area (Å²) in [5.41, 5.74) is 0. The molecule has 0 saturated carbocycles. The fraction of sp³-hybridized carbons (Fsp3) is 0.500. The normalized spacial score (nSPS) is 4.00. The molecule has 0 aromatic heterocycles. The molecule has 1 nitrogen and oxygen atoms in total. The van der Waals surface area contributed by atoms with Crippen molar-refractivity contribution < 1.29 is 0 Å². The van der Waals surface area contributed by atoms with Crippen LogP contribution in [0.1, 0.15) is 0 Å². The second-order valence-corrected chi connectivity index (χ2v) is 1.05. The summed E-state index contributed by atoms with van der Waals surface area (Å²) in [6.45, 7) is 0. The summed E-state index contributed by atoms with van der Waals surface area (Å²) in [6.07, 6.45) is 0. The Hall–Kier alpha value is 0.817. The standard InChI is InChI=1S/C2H2IN.Li.H/c3-1-2-4;;/h1H2;;. The molecule has 0 unspecified atom stereocenters. The van der Waals surface area contributed by atoms with Crippen LogP contribution in [0.15, 0.2) is 0 Å². The first-order chi connectivity index (χ1) is 1.91. The first-order valence-corrected chi connectivity index (χ1v) is 2.37. The van der Waals surface area contributed by atoms with Crippen LogP contribution in [0.5, 0.6) is 0 Å². The minimum atomic E-state index is 0. The van der Waals surface area contributed by atoms with E-state index in [-0.39, 0.29) is 18.9 Å². The Bertz CT molecular complexity index is 39.4. The first-order valence-electron chi connectivity index (χ1n) is 0.844. The van der Waals surface area contributed by atoms with E-state index in [9.17, 15) is 0 Å². The zero-order valence-corrected chi connectivity index (χ0v) is 4.19. The maximum absolute atomic E-state index is 7.62. The minimum absolute atomic E-state index is 0. The van der Waals surface area contributed by atoms with Crippen molar-refractivity contribution in [3.63, 3.8) is 0 Å². The van der Waals surface area contributed by atoms with Gasteiger partial charge in [0.2, 0.25) is 0 Å². The molecular weight excluding hydrogens is 172 g/mol. The number of alkyl halides is 1. The van der Waals surface area contributed by atoms with E-state index < -0.39 is 0 Å². The van der Waals surface area contributed by atoms with Gasteiger partial charge in [0.1, 0.15) is 0 Å². The third-order valence-electron chi connectivity index (χ3n) is 0.0598. The van der Waals surface area contributed by atoms with Gasteiger partial charge in [-0.3, -0.25) is 0 Å². The Morgan fingerprint density at radius 1 is 1.80 bits per heavy atom. The molecule has 24 valence electrons. The first kappa shape index (κ1) is 9.26. The van der Waals surface area contributed by atoms with Crippen molar-refractivity contribution in [3.8, 4) is 6.07 Å². The maximum atomic E-state index is 7.62. The van der Waals surface area contributed by atoms with E-state index in [1.165, 1.54) is 0 Å². The van der Waals surface area contributed by atoms with Crippen LogP contribution >= 0.6 is 22.6 Å². The summed E-state index contributed by atoms with van der Waals surface area (Å²) in [5.74, 6) is 0. The third kappa shape index (κ3) is 11.6. The molecule has 0 aliphatic heterocycles. The monoisotopic (exact) mass is 175 g/mol. The van der Waals surface area contributed by atoms with E-state index in [2.05, 4.69) is 0 Å². The van der Waals surface area contributed by atoms with Crippen LogP contribution in [0.3, 0.4) is 0 Å². The van der Waals surface area contributed by atoms with Gasteiger partial charge in [0, 0.05) is 0 Å². The summed E-state index contributed by atoms with van der Waals surface area (Å²) in [5, 5.41) is 7.62. The quantitative estimate of drug-likeness (QED) is 0.295. The van der Waals surface area contributed by atoms with Crippen LogP contribution in [0.2, 0.25) is 0 Å². The van der Waals surface area contributed by atoms with Gasteiger partial charge >= 0.3 is 18.9 Å². The molecule has 0 radical (unpaired) electrons. The fourth-order valence-corrected chi connectivity index (χ4v) is 0. The van der Waals surface area contributed by atoms with Crippen molar-refractivity contribution in [2.24, 2.45) is 0 Å². The molecular formula is C2H3ILiN. The molecule has 0 rings (SSSR count). The van der Waals surface area contributed by atoms with Gasteiger partial charge in [0.05, 0.1) is 10.5 Å². The van der Waals surface area contributed by atoms with E-state index in [1.807, 2.05) is 28.7 Å². The van der Waals surface area contributed by atoms with Gasteiger partial charge in [-0.05, 0) is 0 Å². The Labute approximate surface area is 57.1 Å². The van der Waals surface area contributed by atoms with Gasteiger partial charge in [-0.25, -0.2) is 0 Å². The number of hydrogen-bond acceptors (Lipinski definition) is 1. The second kappa shape index (κ2) is 8.84. The van der Waals surface area contributed by atoms with Crippen molar-refractivity contribution in [2.45, 2.75) is 0 Å². The van der Waals surface area contributed by atoms with Crippen molar-refractivity contribution in [1.29, 1.82) is 5.26 Å². The van der Waals surface area contributed by atoms with Crippen LogP contribution in [-0.2, 0) is 0 Å². The van der Waals surface area contributed by atoms with Crippen LogP contribution in [0.4, 0.5) is 0 Å². The van der Waals surface area contributed by atoms with Crippen LogP contribution in [0.25, 0.3) is 0 Å². The Balaban J connectivity index is 0. The topological polar surface area (TPSA) is 23.8 Å². The van der Waals surface area contributed by atoms with E-state index in [0.717, 1.165) is 0 Å². The molecule has 0 aliphatic carbocycles. The molecule has 5 heavy (non-hydrogen) atoms. The molecule has 0 spiro atoms. The van der Waals surface area contributed by atoms with Crippen LogP contribution < -0.4 is 0 Å². The summed E-state index contributed by atoms with van der Waals surface area (Å²) in [7, 11) is 0. The molecule has 0 aromatic carbocycles. The molecule has 0 aliphatic rings. The van der Waals surface area contributed by atoms with Gasteiger partial charge in [0.25, 0.3) is 0 Å². The van der Waals surface area contributed by atoms with Crippen LogP contribution in [-0.4, -0.2) is 23.3 Å². The average Bonchev–Trinajstić information content (AvgIpc) is 1.37. The number of rotatable bonds is 0. The molecule has 0 amide bonds.